The average Bonchev–Trinajstić information content (AvgIpc) is 2.33. The first-order valence-corrected chi connectivity index (χ1v) is 5.73. The third-order valence-corrected chi connectivity index (χ3v) is 2.80. The predicted molar refractivity (Wildman–Crippen MR) is 64.8 cm³/mol. The molecule has 16 heavy (non-hydrogen) atoms. The van der Waals surface area contributed by atoms with Gasteiger partial charge >= 0.3 is 0 Å². The van der Waals surface area contributed by atoms with Crippen LogP contribution in [0.5, 0.6) is 0 Å². The average molecular weight is 279 g/mol. The molecule has 0 bridgehead atoms. The van der Waals surface area contributed by atoms with Gasteiger partial charge in [-0.15, -0.1) is 0 Å². The number of hydrogen-bond acceptors (Lipinski definition) is 3. The quantitative estimate of drug-likeness (QED) is 0.939. The Labute approximate surface area is 102 Å². The number of aliphatic hydroxyl groups is 1. The minimum absolute atomic E-state index is 0.548. The molecule has 0 radical (unpaired) electrons. The summed E-state index contributed by atoms with van der Waals surface area (Å²) in [7, 11) is 0. The maximum Gasteiger partial charge on any atom is 0.102 e. The fourth-order valence-corrected chi connectivity index (χ4v) is 1.70. The van der Waals surface area contributed by atoms with Gasteiger partial charge in [0.2, 0.25) is 0 Å². The molecule has 0 aliphatic heterocycles. The van der Waals surface area contributed by atoms with E-state index < -0.39 is 6.10 Å². The molecule has 0 saturated heterocycles. The molecule has 1 aromatic carbocycles. The molecule has 0 aliphatic rings. The first-order chi connectivity index (χ1) is 7.75. The van der Waals surface area contributed by atoms with Gasteiger partial charge in [-0.3, -0.25) is 9.97 Å². The largest absolute Gasteiger partial charge is 0.386 e. The van der Waals surface area contributed by atoms with E-state index >= 15 is 0 Å². The molecule has 0 saturated carbocycles. The van der Waals surface area contributed by atoms with Crippen LogP contribution in [0.4, 0.5) is 0 Å². The van der Waals surface area contributed by atoms with Gasteiger partial charge in [-0.2, -0.15) is 0 Å². The molecule has 3 nitrogen and oxygen atoms in total. The van der Waals surface area contributed by atoms with E-state index in [0.717, 1.165) is 10.0 Å². The standard InChI is InChI=1S/C12H11BrN2O/c13-10-3-1-9(2-4-10)7-12(16)11-8-14-5-6-15-11/h1-6,8,12,16H,7H2. The van der Waals surface area contributed by atoms with Crippen LogP contribution >= 0.6 is 15.9 Å². The smallest absolute Gasteiger partial charge is 0.102 e. The molecule has 2 aromatic rings. The van der Waals surface area contributed by atoms with Crippen LogP contribution in [-0.2, 0) is 6.42 Å². The van der Waals surface area contributed by atoms with Crippen LogP contribution < -0.4 is 0 Å². The lowest BCUT2D eigenvalue weighted by molar-refractivity contribution is 0.173. The minimum atomic E-state index is -0.602. The van der Waals surface area contributed by atoms with Crippen LogP contribution in [-0.4, -0.2) is 15.1 Å². The molecule has 4 heteroatoms. The van der Waals surface area contributed by atoms with Gasteiger partial charge in [0.25, 0.3) is 0 Å². The Bertz CT molecular complexity index is 444. The highest BCUT2D eigenvalue weighted by molar-refractivity contribution is 9.10. The molecule has 82 valence electrons. The van der Waals surface area contributed by atoms with Crippen LogP contribution in [0.3, 0.4) is 0 Å². The highest BCUT2D eigenvalue weighted by atomic mass is 79.9. The third kappa shape index (κ3) is 2.87. The Morgan fingerprint density at radius 1 is 1.19 bits per heavy atom. The van der Waals surface area contributed by atoms with Gasteiger partial charge in [0, 0.05) is 23.3 Å². The van der Waals surface area contributed by atoms with Crippen molar-refractivity contribution in [2.24, 2.45) is 0 Å². The van der Waals surface area contributed by atoms with Gasteiger partial charge in [0.15, 0.2) is 0 Å². The number of hydrogen-bond donors (Lipinski definition) is 1. The van der Waals surface area contributed by atoms with Crippen LogP contribution in [0.1, 0.15) is 17.4 Å². The van der Waals surface area contributed by atoms with E-state index in [1.807, 2.05) is 24.3 Å². The molecule has 0 aliphatic carbocycles. The zero-order valence-corrected chi connectivity index (χ0v) is 10.1. The summed E-state index contributed by atoms with van der Waals surface area (Å²) in [6, 6.07) is 7.87. The molecule has 0 spiro atoms. The topological polar surface area (TPSA) is 46.0 Å². The van der Waals surface area contributed by atoms with E-state index in [4.69, 9.17) is 0 Å². The zero-order chi connectivity index (χ0) is 11.4. The van der Waals surface area contributed by atoms with Gasteiger partial charge in [-0.05, 0) is 17.7 Å². The summed E-state index contributed by atoms with van der Waals surface area (Å²) in [6.07, 6.45) is 4.71. The van der Waals surface area contributed by atoms with Crippen LogP contribution in [0.25, 0.3) is 0 Å². The predicted octanol–water partition coefficient (Wildman–Crippen LogP) is 2.52. The van der Waals surface area contributed by atoms with Crippen LogP contribution in [0, 0.1) is 0 Å². The number of benzene rings is 1. The molecule has 0 amide bonds. The van der Waals surface area contributed by atoms with Crippen molar-refractivity contribution in [3.63, 3.8) is 0 Å². The van der Waals surface area contributed by atoms with Crippen LogP contribution in [0.2, 0.25) is 0 Å². The van der Waals surface area contributed by atoms with Gasteiger partial charge < -0.3 is 5.11 Å². The molecule has 1 atom stereocenters. The summed E-state index contributed by atoms with van der Waals surface area (Å²) in [5.74, 6) is 0. The zero-order valence-electron chi connectivity index (χ0n) is 8.55. The number of nitrogens with zero attached hydrogens (tertiary/aromatic N) is 2. The van der Waals surface area contributed by atoms with E-state index in [1.165, 1.54) is 0 Å². The van der Waals surface area contributed by atoms with E-state index in [0.29, 0.717) is 12.1 Å². The molecule has 2 rings (SSSR count). The third-order valence-electron chi connectivity index (χ3n) is 2.27. The summed E-state index contributed by atoms with van der Waals surface area (Å²) < 4.78 is 1.03. The summed E-state index contributed by atoms with van der Waals surface area (Å²) >= 11 is 3.37. The molecule has 1 aromatic heterocycles. The maximum atomic E-state index is 9.93. The Morgan fingerprint density at radius 3 is 2.56 bits per heavy atom. The van der Waals surface area contributed by atoms with Crippen molar-refractivity contribution < 1.29 is 5.11 Å². The summed E-state index contributed by atoms with van der Waals surface area (Å²) in [5, 5.41) is 9.93. The minimum Gasteiger partial charge on any atom is -0.386 e. The molecular formula is C12H11BrN2O. The number of aliphatic hydroxyl groups excluding tert-OH is 1. The van der Waals surface area contributed by atoms with Gasteiger partial charge in [0.05, 0.1) is 11.9 Å². The lowest BCUT2D eigenvalue weighted by Gasteiger charge is -2.09. The first-order valence-electron chi connectivity index (χ1n) is 4.94. The highest BCUT2D eigenvalue weighted by Gasteiger charge is 2.09. The van der Waals surface area contributed by atoms with Gasteiger partial charge in [-0.1, -0.05) is 28.1 Å². The number of halogens is 1. The van der Waals surface area contributed by atoms with Crippen molar-refractivity contribution in [1.82, 2.24) is 9.97 Å². The molecule has 0 fully saturated rings. The van der Waals surface area contributed by atoms with Crippen molar-refractivity contribution in [3.05, 3.63) is 58.6 Å². The maximum absolute atomic E-state index is 9.93. The van der Waals surface area contributed by atoms with Gasteiger partial charge in [0.1, 0.15) is 6.10 Å². The van der Waals surface area contributed by atoms with E-state index in [-0.39, 0.29) is 0 Å². The molecule has 1 unspecified atom stereocenters. The van der Waals surface area contributed by atoms with Gasteiger partial charge in [-0.25, -0.2) is 0 Å². The highest BCUT2D eigenvalue weighted by Crippen LogP contribution is 2.17. The van der Waals surface area contributed by atoms with Crippen molar-refractivity contribution in [3.8, 4) is 0 Å². The van der Waals surface area contributed by atoms with Crippen molar-refractivity contribution in [2.45, 2.75) is 12.5 Å². The summed E-state index contributed by atoms with van der Waals surface area (Å²) in [4.78, 5) is 8.00. The Kier molecular flexibility index (Phi) is 3.64. The Balaban J connectivity index is 2.08. The SMILES string of the molecule is OC(Cc1ccc(Br)cc1)c1cnccn1. The molecule has 1 heterocycles. The fraction of sp³-hybridized carbons (Fsp3) is 0.167. The summed E-state index contributed by atoms with van der Waals surface area (Å²) in [5.41, 5.74) is 1.67. The van der Waals surface area contributed by atoms with Crippen molar-refractivity contribution >= 4 is 15.9 Å². The number of aromatic nitrogens is 2. The first kappa shape index (κ1) is 11.2. The van der Waals surface area contributed by atoms with E-state index in [2.05, 4.69) is 25.9 Å². The lowest BCUT2D eigenvalue weighted by Crippen LogP contribution is -2.04. The van der Waals surface area contributed by atoms with Crippen molar-refractivity contribution in [2.75, 3.05) is 0 Å². The second kappa shape index (κ2) is 5.18. The molecule has 1 N–H and O–H groups in total. The van der Waals surface area contributed by atoms with Crippen molar-refractivity contribution in [1.29, 1.82) is 0 Å². The summed E-state index contributed by atoms with van der Waals surface area (Å²) in [6.45, 7) is 0. The lowest BCUT2D eigenvalue weighted by atomic mass is 10.1. The monoisotopic (exact) mass is 278 g/mol. The number of rotatable bonds is 3. The second-order valence-electron chi connectivity index (χ2n) is 3.48. The van der Waals surface area contributed by atoms with E-state index in [1.54, 1.807) is 18.6 Å². The Morgan fingerprint density at radius 2 is 1.94 bits per heavy atom. The second-order valence-corrected chi connectivity index (χ2v) is 4.39. The Hall–Kier alpha value is -1.26. The normalized spacial score (nSPS) is 12.4. The fourth-order valence-electron chi connectivity index (χ4n) is 1.43. The molecular weight excluding hydrogens is 268 g/mol. The van der Waals surface area contributed by atoms with Crippen LogP contribution in [0.15, 0.2) is 47.3 Å². The van der Waals surface area contributed by atoms with E-state index in [9.17, 15) is 5.11 Å².